The molecule has 0 amide bonds. The third-order valence-corrected chi connectivity index (χ3v) is 16.1. The Bertz CT molecular complexity index is 3880. The largest absolute Gasteiger partial charge is 0.375 e. The number of aryl methyl sites for hydroxylation is 4. The molecule has 354 valence electrons. The molecule has 2 aromatic heterocycles. The van der Waals surface area contributed by atoms with E-state index in [4.69, 9.17) is 0 Å². The number of rotatable bonds is 3. The van der Waals surface area contributed by atoms with Crippen molar-refractivity contribution >= 4 is 61.4 Å². The summed E-state index contributed by atoms with van der Waals surface area (Å²) < 4.78 is 5.44. The van der Waals surface area contributed by atoms with Gasteiger partial charge >= 0.3 is 6.85 Å². The Morgan fingerprint density at radius 1 is 0.338 bits per heavy atom. The van der Waals surface area contributed by atoms with Crippen LogP contribution in [0.4, 0.5) is 0 Å². The van der Waals surface area contributed by atoms with Gasteiger partial charge in [0.25, 0.3) is 0 Å². The molecule has 0 bridgehead atoms. The normalized spacial score (nSPS) is 13.6. The summed E-state index contributed by atoms with van der Waals surface area (Å²) in [5.41, 5.74) is 30.0. The standard InChI is InChI=1S/C68H69BN2/c1-38-21-39(2)24-43(23-38)42-17-19-59-52(29-42)55-31-46(44-25-40(3)22-41(4)26-44)32-58-64(55)70(59)61-33-47(45-27-49(66(8,9)10)34-50(28-45)67(11,12)13)30-54-57-37-51(68(14,15)16)36-56-53-35-48(65(5,6)7)18-20-60(53)71(63(56)57)69(58)62(54)61/h17-37H,1-16H3. The minimum atomic E-state index is -0.0716. The van der Waals surface area contributed by atoms with Gasteiger partial charge in [0.15, 0.2) is 0 Å². The van der Waals surface area contributed by atoms with Crippen molar-refractivity contribution in [2.24, 2.45) is 0 Å². The van der Waals surface area contributed by atoms with Crippen LogP contribution < -0.4 is 10.9 Å². The SMILES string of the molecule is Cc1cc(C)cc(-c2ccc3c(c2)c2cc(-c4cc(C)cc(C)c4)cc4c2n3-c2cc(-c3cc(C(C)(C)C)cc(C(C)(C)C)c3)cc3c2B4n2c4ccc(C(C)(C)C)cc4c4cc(C(C)(C)C)cc-3c42)c1. The van der Waals surface area contributed by atoms with Gasteiger partial charge in [-0.15, -0.1) is 0 Å². The van der Waals surface area contributed by atoms with Crippen LogP contribution in [0.25, 0.3) is 93.8 Å². The third-order valence-electron chi connectivity index (χ3n) is 16.1. The van der Waals surface area contributed by atoms with Gasteiger partial charge in [-0.1, -0.05) is 178 Å². The smallest absolute Gasteiger partial charge is 0.333 e. The first-order chi connectivity index (χ1) is 33.3. The zero-order valence-corrected chi connectivity index (χ0v) is 45.1. The van der Waals surface area contributed by atoms with Gasteiger partial charge in [0.05, 0.1) is 11.0 Å². The van der Waals surface area contributed by atoms with E-state index in [9.17, 15) is 0 Å². The summed E-state index contributed by atoms with van der Waals surface area (Å²) in [5, 5.41) is 5.28. The second kappa shape index (κ2) is 15.0. The molecule has 0 radical (unpaired) electrons. The Kier molecular flexibility index (Phi) is 9.62. The van der Waals surface area contributed by atoms with E-state index in [2.05, 4.69) is 247 Å². The third kappa shape index (κ3) is 7.11. The molecule has 10 aromatic rings. The summed E-state index contributed by atoms with van der Waals surface area (Å²) in [6.45, 7) is 37.2. The minimum absolute atomic E-state index is 0.00000703. The Morgan fingerprint density at radius 2 is 0.803 bits per heavy atom. The van der Waals surface area contributed by atoms with Gasteiger partial charge in [0, 0.05) is 43.8 Å². The molecular formula is C68H69BN2. The van der Waals surface area contributed by atoms with Crippen molar-refractivity contribution in [2.45, 2.75) is 132 Å². The lowest BCUT2D eigenvalue weighted by Gasteiger charge is -2.35. The molecule has 71 heavy (non-hydrogen) atoms. The number of hydrogen-bond donors (Lipinski definition) is 0. The van der Waals surface area contributed by atoms with E-state index in [1.807, 2.05) is 0 Å². The van der Waals surface area contributed by atoms with Crippen LogP contribution in [0.2, 0.25) is 0 Å². The van der Waals surface area contributed by atoms with Crippen molar-refractivity contribution in [1.29, 1.82) is 0 Å². The minimum Gasteiger partial charge on any atom is -0.375 e. The Labute approximate surface area is 422 Å². The molecule has 0 N–H and O–H groups in total. The summed E-state index contributed by atoms with van der Waals surface area (Å²) >= 11 is 0. The average molecular weight is 925 g/mol. The van der Waals surface area contributed by atoms with Crippen molar-refractivity contribution in [1.82, 2.24) is 9.05 Å². The Morgan fingerprint density at radius 3 is 1.39 bits per heavy atom. The zero-order valence-electron chi connectivity index (χ0n) is 45.1. The lowest BCUT2D eigenvalue weighted by molar-refractivity contribution is 0.569. The number of aromatic nitrogens is 2. The fourth-order valence-corrected chi connectivity index (χ4v) is 12.4. The molecule has 0 unspecified atom stereocenters. The van der Waals surface area contributed by atoms with Gasteiger partial charge in [-0.2, -0.15) is 0 Å². The predicted molar refractivity (Wildman–Crippen MR) is 310 cm³/mol. The van der Waals surface area contributed by atoms with Crippen molar-refractivity contribution < 1.29 is 0 Å². The van der Waals surface area contributed by atoms with E-state index >= 15 is 0 Å². The maximum atomic E-state index is 2.77. The molecule has 0 aliphatic carbocycles. The Hall–Kier alpha value is -6.58. The van der Waals surface area contributed by atoms with Crippen LogP contribution >= 0.6 is 0 Å². The van der Waals surface area contributed by atoms with Crippen LogP contribution in [0.1, 0.15) is 128 Å². The average Bonchev–Trinajstić information content (AvgIpc) is 3.79. The fourth-order valence-electron chi connectivity index (χ4n) is 12.4. The summed E-state index contributed by atoms with van der Waals surface area (Å²) in [4.78, 5) is 0. The lowest BCUT2D eigenvalue weighted by Crippen LogP contribution is -2.55. The van der Waals surface area contributed by atoms with Crippen molar-refractivity contribution in [3.63, 3.8) is 0 Å². The maximum absolute atomic E-state index is 2.77. The first kappa shape index (κ1) is 45.6. The molecule has 8 aromatic carbocycles. The molecule has 2 nitrogen and oxygen atoms in total. The number of benzene rings is 8. The van der Waals surface area contributed by atoms with Crippen LogP contribution in [0.3, 0.4) is 0 Å². The molecule has 0 saturated carbocycles. The van der Waals surface area contributed by atoms with Gasteiger partial charge in [0.1, 0.15) is 0 Å². The highest BCUT2D eigenvalue weighted by Gasteiger charge is 2.43. The van der Waals surface area contributed by atoms with Crippen molar-refractivity contribution in [3.05, 3.63) is 172 Å². The van der Waals surface area contributed by atoms with Crippen LogP contribution in [-0.4, -0.2) is 15.9 Å². The Balaban J connectivity index is 1.29. The zero-order chi connectivity index (χ0) is 50.2. The van der Waals surface area contributed by atoms with Gasteiger partial charge in [0.2, 0.25) is 0 Å². The first-order valence-corrected chi connectivity index (χ1v) is 26.1. The molecule has 0 spiro atoms. The fraction of sp³-hybridized carbons (Fsp3) is 0.294. The van der Waals surface area contributed by atoms with Crippen LogP contribution in [0.15, 0.2) is 127 Å². The number of nitrogens with zero attached hydrogens (tertiary/aromatic N) is 2. The first-order valence-electron chi connectivity index (χ1n) is 26.1. The molecule has 3 heteroatoms. The van der Waals surface area contributed by atoms with Crippen LogP contribution in [0, 0.1) is 27.7 Å². The van der Waals surface area contributed by atoms with Gasteiger partial charge in [-0.05, 0) is 176 Å². The lowest BCUT2D eigenvalue weighted by atomic mass is 9.45. The quantitative estimate of drug-likeness (QED) is 0.156. The summed E-state index contributed by atoms with van der Waals surface area (Å²) in [6, 6.07) is 51.5. The van der Waals surface area contributed by atoms with Crippen molar-refractivity contribution in [3.8, 4) is 50.2 Å². The van der Waals surface area contributed by atoms with Gasteiger partial charge < -0.3 is 9.05 Å². The van der Waals surface area contributed by atoms with Crippen LogP contribution in [-0.2, 0) is 21.7 Å². The predicted octanol–water partition coefficient (Wildman–Crippen LogP) is 17.3. The summed E-state index contributed by atoms with van der Waals surface area (Å²) in [6.07, 6.45) is 0. The summed E-state index contributed by atoms with van der Waals surface area (Å²) in [7, 11) is 0. The summed E-state index contributed by atoms with van der Waals surface area (Å²) in [5.74, 6) is 0. The molecule has 0 saturated heterocycles. The van der Waals surface area contributed by atoms with Crippen LogP contribution in [0.5, 0.6) is 0 Å². The molecule has 12 rings (SSSR count). The molecule has 4 heterocycles. The van der Waals surface area contributed by atoms with Gasteiger partial charge in [-0.3, -0.25) is 0 Å². The highest BCUT2D eigenvalue weighted by Crippen LogP contribution is 2.48. The maximum Gasteiger partial charge on any atom is 0.333 e. The molecular weight excluding hydrogens is 856 g/mol. The van der Waals surface area contributed by atoms with E-state index in [1.165, 1.54) is 149 Å². The van der Waals surface area contributed by atoms with E-state index < -0.39 is 0 Å². The van der Waals surface area contributed by atoms with E-state index in [0.717, 1.165) is 0 Å². The number of fused-ring (bicyclic) bond motifs is 10. The van der Waals surface area contributed by atoms with Gasteiger partial charge in [-0.25, -0.2) is 0 Å². The second-order valence-corrected chi connectivity index (χ2v) is 26.0. The molecule has 0 atom stereocenters. The number of hydrogen-bond acceptors (Lipinski definition) is 0. The molecule has 0 fully saturated rings. The topological polar surface area (TPSA) is 9.86 Å². The monoisotopic (exact) mass is 925 g/mol. The van der Waals surface area contributed by atoms with E-state index in [1.54, 1.807) is 0 Å². The highest BCUT2D eigenvalue weighted by molar-refractivity contribution is 6.90. The van der Waals surface area contributed by atoms with E-state index in [-0.39, 0.29) is 28.5 Å². The molecule has 2 aliphatic rings. The molecule has 2 aliphatic heterocycles. The highest BCUT2D eigenvalue weighted by atomic mass is 15.0. The van der Waals surface area contributed by atoms with Crippen molar-refractivity contribution in [2.75, 3.05) is 0 Å². The second-order valence-electron chi connectivity index (χ2n) is 26.0. The van der Waals surface area contributed by atoms with E-state index in [0.29, 0.717) is 0 Å².